The van der Waals surface area contributed by atoms with E-state index in [0.29, 0.717) is 18.1 Å². The molecule has 0 aromatic rings. The summed E-state index contributed by atoms with van der Waals surface area (Å²) in [7, 11) is -1.00. The summed E-state index contributed by atoms with van der Waals surface area (Å²) in [5.74, 6) is 0.995. The van der Waals surface area contributed by atoms with Gasteiger partial charge in [0.1, 0.15) is 0 Å². The molecule has 0 aromatic carbocycles. The largest absolute Gasteiger partial charge is 0.320 e. The molecule has 0 unspecified atom stereocenters. The van der Waals surface area contributed by atoms with Crippen molar-refractivity contribution in [3.63, 3.8) is 0 Å². The Labute approximate surface area is 112 Å². The van der Waals surface area contributed by atoms with Crippen LogP contribution in [0.15, 0.2) is 0 Å². The van der Waals surface area contributed by atoms with Crippen molar-refractivity contribution in [2.75, 3.05) is 32.4 Å². The molecule has 1 saturated heterocycles. The molecule has 6 heteroatoms. The Balaban J connectivity index is 0.00000256. The predicted octanol–water partition coefficient (Wildman–Crippen LogP) is 1.47. The quantitative estimate of drug-likeness (QED) is 0.804. The van der Waals surface area contributed by atoms with Crippen molar-refractivity contribution in [1.29, 1.82) is 0 Å². The maximum atomic E-state index is 11.8. The van der Waals surface area contributed by atoms with E-state index in [9.17, 15) is 8.42 Å². The molecular formula is C11H25ClN2O2S. The predicted molar refractivity (Wildman–Crippen MR) is 74.2 cm³/mol. The molecule has 0 atom stereocenters. The average molecular weight is 285 g/mol. The van der Waals surface area contributed by atoms with Gasteiger partial charge in [-0.2, -0.15) is 0 Å². The van der Waals surface area contributed by atoms with Crippen molar-refractivity contribution in [1.82, 2.24) is 9.62 Å². The Hall–Kier alpha value is 0.160. The van der Waals surface area contributed by atoms with Crippen molar-refractivity contribution in [2.45, 2.75) is 32.6 Å². The first kappa shape index (κ1) is 17.2. The maximum absolute atomic E-state index is 11.8. The van der Waals surface area contributed by atoms with Crippen molar-refractivity contribution >= 4 is 22.4 Å². The second kappa shape index (κ2) is 8.29. The van der Waals surface area contributed by atoms with Crippen LogP contribution in [0.5, 0.6) is 0 Å². The number of nitrogens with zero attached hydrogens (tertiary/aromatic N) is 1. The molecule has 17 heavy (non-hydrogen) atoms. The summed E-state index contributed by atoms with van der Waals surface area (Å²) in [4.78, 5) is 0. The Morgan fingerprint density at radius 2 is 1.88 bits per heavy atom. The minimum Gasteiger partial charge on any atom is -0.320 e. The zero-order chi connectivity index (χ0) is 12.0. The number of hydrogen-bond acceptors (Lipinski definition) is 3. The summed E-state index contributed by atoms with van der Waals surface area (Å²) >= 11 is 0. The molecule has 1 aliphatic heterocycles. The summed E-state index contributed by atoms with van der Waals surface area (Å²) < 4.78 is 25.3. The fourth-order valence-corrected chi connectivity index (χ4v) is 3.75. The van der Waals surface area contributed by atoms with Gasteiger partial charge in [0.25, 0.3) is 0 Å². The molecule has 0 spiro atoms. The fraction of sp³-hybridized carbons (Fsp3) is 1.00. The third kappa shape index (κ3) is 5.55. The lowest BCUT2D eigenvalue weighted by atomic mass is 9.95. The third-order valence-corrected chi connectivity index (χ3v) is 5.31. The van der Waals surface area contributed by atoms with Crippen LogP contribution in [-0.4, -0.2) is 45.2 Å². The van der Waals surface area contributed by atoms with E-state index >= 15 is 0 Å². The summed E-state index contributed by atoms with van der Waals surface area (Å²) in [5, 5.41) is 3.14. The average Bonchev–Trinajstić information content (AvgIpc) is 2.27. The second-order valence-electron chi connectivity index (χ2n) is 4.55. The highest BCUT2D eigenvalue weighted by Crippen LogP contribution is 2.22. The van der Waals surface area contributed by atoms with E-state index < -0.39 is 10.0 Å². The van der Waals surface area contributed by atoms with Crippen molar-refractivity contribution in [3.05, 3.63) is 0 Å². The Kier molecular flexibility index (Phi) is 8.37. The number of nitrogens with one attached hydrogen (secondary N) is 1. The monoisotopic (exact) mass is 284 g/mol. The van der Waals surface area contributed by atoms with Crippen molar-refractivity contribution < 1.29 is 8.42 Å². The van der Waals surface area contributed by atoms with E-state index in [2.05, 4.69) is 5.32 Å². The Bertz CT molecular complexity index is 288. The summed E-state index contributed by atoms with van der Waals surface area (Å²) in [6.45, 7) is 4.39. The van der Waals surface area contributed by atoms with E-state index in [0.717, 1.165) is 38.9 Å². The molecule has 1 aliphatic rings. The third-order valence-electron chi connectivity index (χ3n) is 3.23. The number of halogens is 1. The van der Waals surface area contributed by atoms with Gasteiger partial charge in [-0.25, -0.2) is 12.7 Å². The van der Waals surface area contributed by atoms with E-state index in [1.807, 2.05) is 14.0 Å². The first-order chi connectivity index (χ1) is 7.60. The molecule has 0 radical (unpaired) electrons. The van der Waals surface area contributed by atoms with Gasteiger partial charge in [0.2, 0.25) is 10.0 Å². The zero-order valence-electron chi connectivity index (χ0n) is 10.8. The lowest BCUT2D eigenvalue weighted by Gasteiger charge is -2.31. The highest BCUT2D eigenvalue weighted by Gasteiger charge is 2.26. The molecule has 0 amide bonds. The molecule has 1 rings (SSSR count). The summed E-state index contributed by atoms with van der Waals surface area (Å²) in [6.07, 6.45) is 3.91. The van der Waals surface area contributed by atoms with Crippen LogP contribution in [0.25, 0.3) is 0 Å². The van der Waals surface area contributed by atoms with Gasteiger partial charge in [0, 0.05) is 13.1 Å². The maximum Gasteiger partial charge on any atom is 0.214 e. The van der Waals surface area contributed by atoms with Gasteiger partial charge < -0.3 is 5.32 Å². The van der Waals surface area contributed by atoms with Gasteiger partial charge in [0.05, 0.1) is 5.75 Å². The van der Waals surface area contributed by atoms with Crippen molar-refractivity contribution in [2.24, 2.45) is 5.92 Å². The van der Waals surface area contributed by atoms with Crippen LogP contribution in [0.4, 0.5) is 0 Å². The van der Waals surface area contributed by atoms with Gasteiger partial charge in [-0.3, -0.25) is 0 Å². The highest BCUT2D eigenvalue weighted by atomic mass is 35.5. The minimum atomic E-state index is -2.96. The second-order valence-corrected chi connectivity index (χ2v) is 6.64. The Morgan fingerprint density at radius 3 is 2.35 bits per heavy atom. The van der Waals surface area contributed by atoms with Crippen LogP contribution >= 0.6 is 12.4 Å². The van der Waals surface area contributed by atoms with Crippen LogP contribution in [0.1, 0.15) is 32.6 Å². The van der Waals surface area contributed by atoms with Gasteiger partial charge in [-0.1, -0.05) is 6.92 Å². The molecule has 4 nitrogen and oxygen atoms in total. The molecule has 0 saturated carbocycles. The smallest absolute Gasteiger partial charge is 0.214 e. The lowest BCUT2D eigenvalue weighted by molar-refractivity contribution is 0.263. The van der Waals surface area contributed by atoms with Crippen LogP contribution in [0, 0.1) is 5.92 Å². The van der Waals surface area contributed by atoms with Crippen LogP contribution in [0.3, 0.4) is 0 Å². The highest BCUT2D eigenvalue weighted by molar-refractivity contribution is 7.89. The molecule has 1 heterocycles. The molecule has 1 N–H and O–H groups in total. The van der Waals surface area contributed by atoms with E-state index in [1.54, 1.807) is 4.31 Å². The normalized spacial score (nSPS) is 18.9. The number of rotatable bonds is 6. The van der Waals surface area contributed by atoms with Gasteiger partial charge >= 0.3 is 0 Å². The van der Waals surface area contributed by atoms with Gasteiger partial charge in [0.15, 0.2) is 0 Å². The molecule has 1 fully saturated rings. The first-order valence-electron chi connectivity index (χ1n) is 6.22. The molecule has 0 aliphatic carbocycles. The van der Waals surface area contributed by atoms with E-state index in [-0.39, 0.29) is 12.4 Å². The SMILES string of the molecule is CCCS(=O)(=O)N1CCC(CCNC)CC1.Cl. The molecule has 104 valence electrons. The van der Waals surface area contributed by atoms with E-state index in [4.69, 9.17) is 0 Å². The van der Waals surface area contributed by atoms with Crippen LogP contribution < -0.4 is 5.32 Å². The van der Waals surface area contributed by atoms with Gasteiger partial charge in [-0.05, 0) is 45.2 Å². The number of sulfonamides is 1. The van der Waals surface area contributed by atoms with Gasteiger partial charge in [-0.15, -0.1) is 12.4 Å². The van der Waals surface area contributed by atoms with E-state index in [1.165, 1.54) is 0 Å². The Morgan fingerprint density at radius 1 is 1.29 bits per heavy atom. The fourth-order valence-electron chi connectivity index (χ4n) is 2.21. The zero-order valence-corrected chi connectivity index (χ0v) is 12.4. The van der Waals surface area contributed by atoms with Crippen LogP contribution in [-0.2, 0) is 10.0 Å². The molecule has 0 aromatic heterocycles. The minimum absolute atomic E-state index is 0. The summed E-state index contributed by atoms with van der Waals surface area (Å²) in [5.41, 5.74) is 0. The topological polar surface area (TPSA) is 49.4 Å². The standard InChI is InChI=1S/C11H24N2O2S.ClH/c1-3-10-16(14,15)13-8-5-11(6-9-13)4-7-12-2;/h11-12H,3-10H2,1-2H3;1H. The number of piperidine rings is 1. The first-order valence-corrected chi connectivity index (χ1v) is 7.83. The summed E-state index contributed by atoms with van der Waals surface area (Å²) in [6, 6.07) is 0. The number of hydrogen-bond donors (Lipinski definition) is 1. The lowest BCUT2D eigenvalue weighted by Crippen LogP contribution is -2.40. The molecular weight excluding hydrogens is 260 g/mol. The van der Waals surface area contributed by atoms with Crippen molar-refractivity contribution in [3.8, 4) is 0 Å². The van der Waals surface area contributed by atoms with Crippen LogP contribution in [0.2, 0.25) is 0 Å². The molecule has 0 bridgehead atoms.